The number of anilines is 1. The molecule has 0 unspecified atom stereocenters. The van der Waals surface area contributed by atoms with Gasteiger partial charge in [-0.25, -0.2) is 4.39 Å². The number of carbonyl (C=O) groups is 1. The molecule has 0 atom stereocenters. The summed E-state index contributed by atoms with van der Waals surface area (Å²) in [5.74, 6) is 1.36. The van der Waals surface area contributed by atoms with Gasteiger partial charge in [-0.15, -0.1) is 0 Å². The van der Waals surface area contributed by atoms with E-state index in [2.05, 4.69) is 15.5 Å². The average Bonchev–Trinajstić information content (AvgIpc) is 3.30. The summed E-state index contributed by atoms with van der Waals surface area (Å²) in [7, 11) is 0. The van der Waals surface area contributed by atoms with Crippen LogP contribution in [0.3, 0.4) is 0 Å². The zero-order valence-electron chi connectivity index (χ0n) is 17.5. The number of benzene rings is 2. The summed E-state index contributed by atoms with van der Waals surface area (Å²) in [6, 6.07) is 12.9. The van der Waals surface area contributed by atoms with E-state index >= 15 is 0 Å². The molecule has 8 heteroatoms. The zero-order chi connectivity index (χ0) is 22.3. The smallest absolute Gasteiger partial charge is 0.262 e. The fourth-order valence-corrected chi connectivity index (χ4v) is 3.19. The van der Waals surface area contributed by atoms with Crippen molar-refractivity contribution in [1.29, 1.82) is 0 Å². The first kappa shape index (κ1) is 21.3. The minimum Gasteiger partial charge on any atom is -0.494 e. The van der Waals surface area contributed by atoms with Crippen LogP contribution in [0, 0.1) is 5.82 Å². The Labute approximate surface area is 184 Å². The number of halogens is 1. The summed E-state index contributed by atoms with van der Waals surface area (Å²) in [5, 5.41) is 6.82. The van der Waals surface area contributed by atoms with Gasteiger partial charge < -0.3 is 19.3 Å². The van der Waals surface area contributed by atoms with Crippen molar-refractivity contribution in [2.45, 2.75) is 19.8 Å². The highest BCUT2D eigenvalue weighted by Crippen LogP contribution is 2.28. The number of ether oxygens (including phenoxy) is 2. The molecule has 7 nitrogen and oxygen atoms in total. The molecule has 0 spiro atoms. The number of amides is 1. The van der Waals surface area contributed by atoms with Gasteiger partial charge in [0.25, 0.3) is 11.8 Å². The molecule has 2 aromatic carbocycles. The van der Waals surface area contributed by atoms with Crippen molar-refractivity contribution in [3.8, 4) is 17.2 Å². The Morgan fingerprint density at radius 3 is 2.66 bits per heavy atom. The Bertz CT molecular complexity index is 1130. The molecule has 1 aliphatic rings. The molecular formula is C24H22FN3O4. The monoisotopic (exact) mass is 435 g/mol. The van der Waals surface area contributed by atoms with Crippen LogP contribution < -0.4 is 10.1 Å². The molecule has 0 fully saturated rings. The van der Waals surface area contributed by atoms with E-state index in [0.717, 1.165) is 12.2 Å². The Morgan fingerprint density at radius 2 is 1.91 bits per heavy atom. The molecule has 3 aromatic rings. The van der Waals surface area contributed by atoms with Crippen LogP contribution in [0.25, 0.3) is 17.0 Å². The van der Waals surface area contributed by atoms with E-state index in [1.54, 1.807) is 36.4 Å². The van der Waals surface area contributed by atoms with Crippen molar-refractivity contribution in [3.05, 3.63) is 78.1 Å². The number of allylic oxidation sites excluding steroid dienone is 4. The first-order valence-corrected chi connectivity index (χ1v) is 10.3. The van der Waals surface area contributed by atoms with Gasteiger partial charge in [-0.2, -0.15) is 4.98 Å². The van der Waals surface area contributed by atoms with Crippen molar-refractivity contribution in [1.82, 2.24) is 10.1 Å². The van der Waals surface area contributed by atoms with Gasteiger partial charge in [-0.3, -0.25) is 4.79 Å². The number of nitrogens with one attached hydrogen (secondary N) is 1. The molecule has 1 heterocycles. The van der Waals surface area contributed by atoms with Crippen LogP contribution in [0.1, 0.15) is 25.6 Å². The van der Waals surface area contributed by atoms with E-state index in [0.29, 0.717) is 41.4 Å². The Kier molecular flexibility index (Phi) is 6.60. The second-order valence-corrected chi connectivity index (χ2v) is 7.00. The Balaban J connectivity index is 1.42. The van der Waals surface area contributed by atoms with Crippen LogP contribution in [-0.4, -0.2) is 29.3 Å². The summed E-state index contributed by atoms with van der Waals surface area (Å²) < 4.78 is 29.7. The van der Waals surface area contributed by atoms with E-state index in [1.807, 2.05) is 19.1 Å². The average molecular weight is 435 g/mol. The van der Waals surface area contributed by atoms with Crippen molar-refractivity contribution in [2.75, 3.05) is 18.5 Å². The van der Waals surface area contributed by atoms with Crippen LogP contribution in [-0.2, 0) is 9.53 Å². The quantitative estimate of drug-likeness (QED) is 0.536. The fraction of sp³-hybridized carbons (Fsp3) is 0.208. The van der Waals surface area contributed by atoms with E-state index in [9.17, 15) is 9.18 Å². The van der Waals surface area contributed by atoms with Gasteiger partial charge >= 0.3 is 0 Å². The lowest BCUT2D eigenvalue weighted by molar-refractivity contribution is -0.119. The van der Waals surface area contributed by atoms with Gasteiger partial charge in [0.1, 0.15) is 17.3 Å². The third-order valence-electron chi connectivity index (χ3n) is 4.71. The topological polar surface area (TPSA) is 86.5 Å². The molecule has 1 N–H and O–H groups in total. The molecule has 0 saturated carbocycles. The van der Waals surface area contributed by atoms with E-state index in [1.165, 1.54) is 12.1 Å². The lowest BCUT2D eigenvalue weighted by atomic mass is 10.0. The molecular weight excluding hydrogens is 413 g/mol. The van der Waals surface area contributed by atoms with Crippen LogP contribution in [0.4, 0.5) is 10.1 Å². The van der Waals surface area contributed by atoms with Crippen LogP contribution in [0.2, 0.25) is 0 Å². The van der Waals surface area contributed by atoms with Gasteiger partial charge in [-0.05, 0) is 61.9 Å². The molecule has 164 valence electrons. The minimum absolute atomic E-state index is 0.150. The van der Waals surface area contributed by atoms with Gasteiger partial charge in [0.2, 0.25) is 5.82 Å². The van der Waals surface area contributed by atoms with Gasteiger partial charge in [0.15, 0.2) is 6.61 Å². The van der Waals surface area contributed by atoms with E-state index < -0.39 is 0 Å². The van der Waals surface area contributed by atoms with Crippen LogP contribution in [0.15, 0.2) is 71.0 Å². The summed E-state index contributed by atoms with van der Waals surface area (Å²) in [6.45, 7) is 2.34. The lowest BCUT2D eigenvalue weighted by Crippen LogP contribution is -2.18. The molecule has 32 heavy (non-hydrogen) atoms. The maximum atomic E-state index is 13.1. The normalized spacial score (nSPS) is 13.2. The first-order chi connectivity index (χ1) is 15.6. The van der Waals surface area contributed by atoms with Gasteiger partial charge in [0.05, 0.1) is 12.2 Å². The number of rotatable bonds is 8. The summed E-state index contributed by atoms with van der Waals surface area (Å²) >= 11 is 0. The molecule has 0 aliphatic heterocycles. The van der Waals surface area contributed by atoms with Crippen molar-refractivity contribution >= 4 is 17.2 Å². The van der Waals surface area contributed by atoms with Gasteiger partial charge in [0, 0.05) is 17.7 Å². The van der Waals surface area contributed by atoms with Gasteiger partial charge in [-0.1, -0.05) is 17.3 Å². The van der Waals surface area contributed by atoms with E-state index in [4.69, 9.17) is 14.0 Å². The summed E-state index contributed by atoms with van der Waals surface area (Å²) in [5.41, 5.74) is 1.92. The number of hydrogen-bond donors (Lipinski definition) is 1. The number of nitrogens with zero attached hydrogens (tertiary/aromatic N) is 2. The molecule has 0 radical (unpaired) electrons. The van der Waals surface area contributed by atoms with Crippen molar-refractivity contribution in [3.63, 3.8) is 0 Å². The zero-order valence-corrected chi connectivity index (χ0v) is 17.5. The summed E-state index contributed by atoms with van der Waals surface area (Å²) in [4.78, 5) is 16.7. The highest BCUT2D eigenvalue weighted by atomic mass is 19.1. The highest BCUT2D eigenvalue weighted by Gasteiger charge is 2.19. The Hall–Kier alpha value is -3.94. The molecule has 1 amide bonds. The second kappa shape index (κ2) is 9.91. The lowest BCUT2D eigenvalue weighted by Gasteiger charge is -2.15. The maximum absolute atomic E-state index is 13.1. The first-order valence-electron chi connectivity index (χ1n) is 10.3. The maximum Gasteiger partial charge on any atom is 0.262 e. The summed E-state index contributed by atoms with van der Waals surface area (Å²) in [6.07, 6.45) is 5.23. The molecule has 0 saturated heterocycles. The minimum atomic E-state index is -0.342. The molecule has 1 aromatic heterocycles. The number of carbonyl (C=O) groups excluding carboxylic acids is 1. The Morgan fingerprint density at radius 1 is 1.12 bits per heavy atom. The van der Waals surface area contributed by atoms with Crippen LogP contribution in [0.5, 0.6) is 5.75 Å². The molecule has 4 rings (SSSR count). The van der Waals surface area contributed by atoms with Crippen LogP contribution >= 0.6 is 0 Å². The second-order valence-electron chi connectivity index (χ2n) is 7.00. The van der Waals surface area contributed by atoms with E-state index in [-0.39, 0.29) is 24.2 Å². The number of aromatic nitrogens is 2. The molecule has 0 bridgehead atoms. The molecule has 1 aliphatic carbocycles. The SMILES string of the molecule is CCOc1ccc(NC(=O)COC2=C(c3noc(-c4ccc(F)cc4)n3)C=CCC2)cc1. The highest BCUT2D eigenvalue weighted by molar-refractivity contribution is 5.92. The predicted molar refractivity (Wildman–Crippen MR) is 117 cm³/mol. The van der Waals surface area contributed by atoms with Crippen molar-refractivity contribution < 1.29 is 23.2 Å². The standard InChI is InChI=1S/C24H22FN3O4/c1-2-30-19-13-11-18(12-14-19)26-22(29)15-31-21-6-4-3-5-20(21)23-27-24(32-28-23)16-7-9-17(25)10-8-16/h3,5,7-14H,2,4,6,15H2,1H3,(H,26,29). The fourth-order valence-electron chi connectivity index (χ4n) is 3.19. The number of hydrogen-bond acceptors (Lipinski definition) is 6. The third kappa shape index (κ3) is 5.21. The largest absolute Gasteiger partial charge is 0.494 e. The van der Waals surface area contributed by atoms with Crippen molar-refractivity contribution in [2.24, 2.45) is 0 Å². The predicted octanol–water partition coefficient (Wildman–Crippen LogP) is 4.99. The third-order valence-corrected chi connectivity index (χ3v) is 4.71.